The van der Waals surface area contributed by atoms with Crippen molar-refractivity contribution in [2.75, 3.05) is 5.32 Å². The van der Waals surface area contributed by atoms with Gasteiger partial charge in [0.15, 0.2) is 17.0 Å². The molecule has 0 aromatic carbocycles. The third-order valence-corrected chi connectivity index (χ3v) is 3.97. The van der Waals surface area contributed by atoms with Gasteiger partial charge in [-0.15, -0.1) is 0 Å². The second kappa shape index (κ2) is 6.38. The number of rotatable bonds is 5. The summed E-state index contributed by atoms with van der Waals surface area (Å²) < 4.78 is 8.90. The minimum absolute atomic E-state index is 0.117. The van der Waals surface area contributed by atoms with Crippen molar-refractivity contribution >= 4 is 22.9 Å². The number of fused-ring (bicyclic) bond motifs is 1. The molecule has 0 radical (unpaired) electrons. The zero-order valence-corrected chi connectivity index (χ0v) is 14.1. The van der Waals surface area contributed by atoms with E-state index < -0.39 is 11.2 Å². The van der Waals surface area contributed by atoms with E-state index in [1.165, 1.54) is 17.9 Å². The minimum atomic E-state index is -0.446. The summed E-state index contributed by atoms with van der Waals surface area (Å²) in [6.45, 7) is 2.17. The Morgan fingerprint density at radius 3 is 2.72 bits per heavy atom. The van der Waals surface area contributed by atoms with Crippen molar-refractivity contribution in [1.82, 2.24) is 23.8 Å². The van der Waals surface area contributed by atoms with Gasteiger partial charge in [-0.2, -0.15) is 0 Å². The number of aryl methyl sites for hydroxylation is 3. The molecule has 1 amide bonds. The predicted octanol–water partition coefficient (Wildman–Crippen LogP) is 0.0129. The number of imidazole rings is 1. The Morgan fingerprint density at radius 2 is 2.04 bits per heavy atom. The quantitative estimate of drug-likeness (QED) is 0.696. The fourth-order valence-corrected chi connectivity index (χ4v) is 2.53. The highest BCUT2D eigenvalue weighted by atomic mass is 16.5. The summed E-state index contributed by atoms with van der Waals surface area (Å²) in [4.78, 5) is 40.4. The van der Waals surface area contributed by atoms with E-state index >= 15 is 0 Å². The fourth-order valence-electron chi connectivity index (χ4n) is 2.53. The molecule has 0 aliphatic rings. The van der Waals surface area contributed by atoms with Gasteiger partial charge < -0.3 is 14.4 Å². The molecule has 0 aliphatic carbocycles. The molecule has 10 nitrogen and oxygen atoms in total. The van der Waals surface area contributed by atoms with E-state index in [-0.39, 0.29) is 30.0 Å². The van der Waals surface area contributed by atoms with E-state index in [4.69, 9.17) is 4.52 Å². The molecule has 3 aromatic rings. The first-order chi connectivity index (χ1) is 11.9. The van der Waals surface area contributed by atoms with Crippen LogP contribution in [0.25, 0.3) is 11.2 Å². The van der Waals surface area contributed by atoms with E-state index in [0.717, 1.165) is 4.57 Å². The first-order valence-electron chi connectivity index (χ1n) is 7.78. The molecule has 0 saturated carbocycles. The lowest BCUT2D eigenvalue weighted by Crippen LogP contribution is -2.37. The highest BCUT2D eigenvalue weighted by Gasteiger charge is 2.15. The van der Waals surface area contributed by atoms with E-state index in [9.17, 15) is 14.4 Å². The van der Waals surface area contributed by atoms with Crippen LogP contribution in [0.4, 0.5) is 5.82 Å². The third-order valence-electron chi connectivity index (χ3n) is 3.97. The van der Waals surface area contributed by atoms with Gasteiger partial charge in [0.1, 0.15) is 5.76 Å². The normalized spacial score (nSPS) is 11.2. The van der Waals surface area contributed by atoms with Gasteiger partial charge in [-0.25, -0.2) is 9.78 Å². The van der Waals surface area contributed by atoms with E-state index in [1.54, 1.807) is 17.7 Å². The summed E-state index contributed by atoms with van der Waals surface area (Å²) in [5, 5.41) is 6.39. The van der Waals surface area contributed by atoms with Crippen LogP contribution in [0.15, 0.2) is 26.5 Å². The monoisotopic (exact) mass is 346 g/mol. The molecular formula is C15H18N6O4. The van der Waals surface area contributed by atoms with Gasteiger partial charge in [0.2, 0.25) is 5.91 Å². The molecule has 10 heteroatoms. The molecule has 25 heavy (non-hydrogen) atoms. The number of hydrogen-bond donors (Lipinski definition) is 1. The number of nitrogens with zero attached hydrogens (tertiary/aromatic N) is 5. The Morgan fingerprint density at radius 1 is 1.28 bits per heavy atom. The van der Waals surface area contributed by atoms with Crippen molar-refractivity contribution in [3.8, 4) is 0 Å². The Kier molecular flexibility index (Phi) is 4.26. The van der Waals surface area contributed by atoms with Crippen molar-refractivity contribution < 1.29 is 9.32 Å². The molecule has 0 saturated heterocycles. The Labute approximate surface area is 141 Å². The van der Waals surface area contributed by atoms with Crippen LogP contribution in [-0.2, 0) is 31.9 Å². The summed E-state index contributed by atoms with van der Waals surface area (Å²) in [6.07, 6.45) is 2.25. The molecule has 0 aliphatic heterocycles. The van der Waals surface area contributed by atoms with Crippen LogP contribution in [0.5, 0.6) is 0 Å². The van der Waals surface area contributed by atoms with Gasteiger partial charge in [-0.1, -0.05) is 12.1 Å². The van der Waals surface area contributed by atoms with Crippen LogP contribution in [0.3, 0.4) is 0 Å². The van der Waals surface area contributed by atoms with Gasteiger partial charge in [-0.3, -0.25) is 18.7 Å². The Bertz CT molecular complexity index is 1050. The molecule has 1 N–H and O–H groups in total. The van der Waals surface area contributed by atoms with Crippen LogP contribution in [0.2, 0.25) is 0 Å². The molecule has 3 aromatic heterocycles. The van der Waals surface area contributed by atoms with E-state index in [1.807, 2.05) is 6.92 Å². The average Bonchev–Trinajstić information content (AvgIpc) is 3.23. The number of amides is 1. The second-order valence-electron chi connectivity index (χ2n) is 5.65. The van der Waals surface area contributed by atoms with Crippen LogP contribution in [0, 0.1) is 0 Å². The molecular weight excluding hydrogens is 328 g/mol. The summed E-state index contributed by atoms with van der Waals surface area (Å²) in [7, 11) is 2.95. The molecule has 0 spiro atoms. The maximum atomic E-state index is 12.3. The van der Waals surface area contributed by atoms with Gasteiger partial charge in [0, 0.05) is 39.5 Å². The van der Waals surface area contributed by atoms with Crippen LogP contribution in [-0.4, -0.2) is 29.7 Å². The zero-order chi connectivity index (χ0) is 18.1. The fraction of sp³-hybridized carbons (Fsp3) is 0.400. The van der Waals surface area contributed by atoms with Crippen molar-refractivity contribution in [3.05, 3.63) is 39.0 Å². The minimum Gasteiger partial charge on any atom is -0.359 e. The number of carbonyl (C=O) groups is 1. The maximum absolute atomic E-state index is 12.3. The lowest BCUT2D eigenvalue weighted by Gasteiger charge is -2.06. The van der Waals surface area contributed by atoms with Crippen molar-refractivity contribution in [1.29, 1.82) is 0 Å². The summed E-state index contributed by atoms with van der Waals surface area (Å²) >= 11 is 0. The lowest BCUT2D eigenvalue weighted by atomic mass is 10.3. The van der Waals surface area contributed by atoms with Crippen molar-refractivity contribution in [3.63, 3.8) is 0 Å². The molecule has 3 heterocycles. The summed E-state index contributed by atoms with van der Waals surface area (Å²) in [5.74, 6) is 0.774. The molecule has 0 bridgehead atoms. The van der Waals surface area contributed by atoms with Gasteiger partial charge in [0.25, 0.3) is 5.56 Å². The molecule has 0 fully saturated rings. The van der Waals surface area contributed by atoms with E-state index in [0.29, 0.717) is 18.0 Å². The number of aromatic nitrogens is 5. The molecule has 3 rings (SSSR count). The SMILES string of the molecule is CCc1cc(NC(=O)CCn2cnc3c2c(=O)n(C)c(=O)n3C)no1. The highest BCUT2D eigenvalue weighted by Crippen LogP contribution is 2.10. The summed E-state index contributed by atoms with van der Waals surface area (Å²) in [6, 6.07) is 1.66. The van der Waals surface area contributed by atoms with Crippen molar-refractivity contribution in [2.24, 2.45) is 14.1 Å². The molecule has 0 atom stereocenters. The Hall–Kier alpha value is -3.17. The predicted molar refractivity (Wildman–Crippen MR) is 89.3 cm³/mol. The number of hydrogen-bond acceptors (Lipinski definition) is 6. The second-order valence-corrected chi connectivity index (χ2v) is 5.65. The van der Waals surface area contributed by atoms with Crippen LogP contribution >= 0.6 is 0 Å². The topological polar surface area (TPSA) is 117 Å². The van der Waals surface area contributed by atoms with Gasteiger partial charge in [-0.05, 0) is 0 Å². The lowest BCUT2D eigenvalue weighted by molar-refractivity contribution is -0.116. The van der Waals surface area contributed by atoms with Crippen molar-refractivity contribution in [2.45, 2.75) is 26.3 Å². The number of anilines is 1. The first-order valence-corrected chi connectivity index (χ1v) is 7.78. The number of carbonyl (C=O) groups excluding carboxylic acids is 1. The smallest absolute Gasteiger partial charge is 0.332 e. The number of nitrogens with one attached hydrogen (secondary N) is 1. The van der Waals surface area contributed by atoms with Gasteiger partial charge in [0.05, 0.1) is 6.33 Å². The molecule has 132 valence electrons. The van der Waals surface area contributed by atoms with Gasteiger partial charge >= 0.3 is 5.69 Å². The zero-order valence-electron chi connectivity index (χ0n) is 14.1. The van der Waals surface area contributed by atoms with E-state index in [2.05, 4.69) is 15.5 Å². The maximum Gasteiger partial charge on any atom is 0.332 e. The van der Waals surface area contributed by atoms with Crippen LogP contribution in [0.1, 0.15) is 19.1 Å². The summed E-state index contributed by atoms with van der Waals surface area (Å²) in [5.41, 5.74) is -0.317. The van der Waals surface area contributed by atoms with Crippen LogP contribution < -0.4 is 16.6 Å². The first kappa shape index (κ1) is 16.7. The largest absolute Gasteiger partial charge is 0.359 e. The standard InChI is InChI=1S/C15H18N6O4/c1-4-9-7-10(18-25-9)17-11(22)5-6-21-8-16-13-12(21)14(23)20(3)15(24)19(13)2/h7-8H,4-6H2,1-3H3,(H,17,18,22). The molecule has 0 unspecified atom stereocenters. The Balaban J connectivity index is 1.78. The average molecular weight is 346 g/mol. The highest BCUT2D eigenvalue weighted by molar-refractivity contribution is 5.89. The third kappa shape index (κ3) is 2.97.